The van der Waals surface area contributed by atoms with E-state index in [2.05, 4.69) is 31.7 Å². The quantitative estimate of drug-likeness (QED) is 0.808. The molecule has 3 nitrogen and oxygen atoms in total. The molecule has 0 amide bonds. The highest BCUT2D eigenvalue weighted by molar-refractivity contribution is 5.33. The monoisotopic (exact) mass is 250 g/mol. The molecule has 0 saturated carbocycles. The van der Waals surface area contributed by atoms with Gasteiger partial charge in [-0.2, -0.15) is 0 Å². The summed E-state index contributed by atoms with van der Waals surface area (Å²) in [6, 6.07) is 8.10. The van der Waals surface area contributed by atoms with Gasteiger partial charge in [-0.25, -0.2) is 0 Å². The van der Waals surface area contributed by atoms with Crippen LogP contribution in [0.3, 0.4) is 0 Å². The zero-order valence-corrected chi connectivity index (χ0v) is 12.1. The lowest BCUT2D eigenvalue weighted by Crippen LogP contribution is -2.47. The Bertz CT molecular complexity index is 363. The van der Waals surface area contributed by atoms with Gasteiger partial charge in [-0.3, -0.25) is 0 Å². The van der Waals surface area contributed by atoms with Crippen LogP contribution in [0.15, 0.2) is 24.3 Å². The molecule has 0 aliphatic heterocycles. The summed E-state index contributed by atoms with van der Waals surface area (Å²) in [5.41, 5.74) is 7.44. The molecule has 0 saturated heterocycles. The molecule has 0 spiro atoms. The lowest BCUT2D eigenvalue weighted by Gasteiger charge is -2.34. The topological polar surface area (TPSA) is 38.5 Å². The van der Waals surface area contributed by atoms with Crippen LogP contribution >= 0.6 is 0 Å². The van der Waals surface area contributed by atoms with Gasteiger partial charge in [0.25, 0.3) is 0 Å². The molecule has 3 heteroatoms. The molecule has 1 rings (SSSR count). The molecule has 1 atom stereocenters. The average Bonchev–Trinajstić information content (AvgIpc) is 2.44. The normalized spacial score (nSPS) is 14.6. The smallest absolute Gasteiger partial charge is 0.119 e. The summed E-state index contributed by atoms with van der Waals surface area (Å²) >= 11 is 0. The fourth-order valence-electron chi connectivity index (χ4n) is 2.19. The van der Waals surface area contributed by atoms with E-state index in [1.54, 1.807) is 7.11 Å². The Morgan fingerprint density at radius 2 is 1.89 bits per heavy atom. The van der Waals surface area contributed by atoms with Gasteiger partial charge in [0.05, 0.1) is 12.6 Å². The van der Waals surface area contributed by atoms with Crippen molar-refractivity contribution in [1.82, 2.24) is 4.90 Å². The maximum absolute atomic E-state index is 6.60. The molecule has 0 fully saturated rings. The SMILES string of the molecule is CCN(CC)CC(N)(CC)c1cccc(OC)c1. The van der Waals surface area contributed by atoms with Crippen molar-refractivity contribution in [2.24, 2.45) is 5.73 Å². The van der Waals surface area contributed by atoms with Gasteiger partial charge >= 0.3 is 0 Å². The molecule has 0 aliphatic carbocycles. The molecule has 2 N–H and O–H groups in total. The number of hydrogen-bond donors (Lipinski definition) is 1. The number of nitrogens with two attached hydrogens (primary N) is 1. The van der Waals surface area contributed by atoms with Crippen LogP contribution in [0.2, 0.25) is 0 Å². The van der Waals surface area contributed by atoms with Gasteiger partial charge in [0, 0.05) is 6.54 Å². The van der Waals surface area contributed by atoms with Crippen molar-refractivity contribution in [2.75, 3.05) is 26.7 Å². The number of benzene rings is 1. The standard InChI is InChI=1S/C15H26N2O/c1-5-15(16,12-17(6-2)7-3)13-9-8-10-14(11-13)18-4/h8-11H,5-7,12,16H2,1-4H3. The largest absolute Gasteiger partial charge is 0.497 e. The fraction of sp³-hybridized carbons (Fsp3) is 0.600. The van der Waals surface area contributed by atoms with Crippen LogP contribution in [0.25, 0.3) is 0 Å². The van der Waals surface area contributed by atoms with E-state index in [0.29, 0.717) is 0 Å². The molecule has 0 aromatic heterocycles. The van der Waals surface area contributed by atoms with Crippen molar-refractivity contribution < 1.29 is 4.74 Å². The second kappa shape index (κ2) is 6.76. The van der Waals surface area contributed by atoms with Crippen LogP contribution in [-0.4, -0.2) is 31.6 Å². The van der Waals surface area contributed by atoms with Crippen LogP contribution < -0.4 is 10.5 Å². The summed E-state index contributed by atoms with van der Waals surface area (Å²) in [6.45, 7) is 9.42. The number of methoxy groups -OCH3 is 1. The third-order valence-corrected chi connectivity index (χ3v) is 3.68. The zero-order valence-electron chi connectivity index (χ0n) is 12.1. The van der Waals surface area contributed by atoms with E-state index in [9.17, 15) is 0 Å². The maximum Gasteiger partial charge on any atom is 0.119 e. The van der Waals surface area contributed by atoms with Crippen molar-refractivity contribution in [3.8, 4) is 5.75 Å². The lowest BCUT2D eigenvalue weighted by molar-refractivity contribution is 0.220. The Kier molecular flexibility index (Phi) is 5.63. The van der Waals surface area contributed by atoms with Gasteiger partial charge in [-0.05, 0) is 37.2 Å². The second-order valence-corrected chi connectivity index (χ2v) is 4.70. The summed E-state index contributed by atoms with van der Waals surface area (Å²) in [7, 11) is 1.69. The number of ether oxygens (including phenoxy) is 1. The van der Waals surface area contributed by atoms with Crippen molar-refractivity contribution in [3.05, 3.63) is 29.8 Å². The third-order valence-electron chi connectivity index (χ3n) is 3.68. The van der Waals surface area contributed by atoms with Crippen molar-refractivity contribution in [2.45, 2.75) is 32.7 Å². The highest BCUT2D eigenvalue weighted by atomic mass is 16.5. The predicted octanol–water partition coefficient (Wildman–Crippen LogP) is 2.60. The third kappa shape index (κ3) is 3.47. The average molecular weight is 250 g/mol. The van der Waals surface area contributed by atoms with Crippen LogP contribution in [0.4, 0.5) is 0 Å². The summed E-state index contributed by atoms with van der Waals surface area (Å²) < 4.78 is 5.28. The van der Waals surface area contributed by atoms with Crippen LogP contribution in [0.1, 0.15) is 32.8 Å². The first-order chi connectivity index (χ1) is 8.59. The fourth-order valence-corrected chi connectivity index (χ4v) is 2.19. The van der Waals surface area contributed by atoms with Crippen molar-refractivity contribution in [3.63, 3.8) is 0 Å². The highest BCUT2D eigenvalue weighted by Gasteiger charge is 2.27. The number of likely N-dealkylation sites (N-methyl/N-ethyl adjacent to an activating group) is 1. The van der Waals surface area contributed by atoms with E-state index in [4.69, 9.17) is 10.5 Å². The minimum absolute atomic E-state index is 0.305. The van der Waals surface area contributed by atoms with Crippen molar-refractivity contribution >= 4 is 0 Å². The van der Waals surface area contributed by atoms with Gasteiger partial charge in [-0.1, -0.05) is 32.9 Å². The molecule has 1 aromatic carbocycles. The van der Waals surface area contributed by atoms with Gasteiger partial charge < -0.3 is 15.4 Å². The van der Waals surface area contributed by atoms with Gasteiger partial charge in [0.2, 0.25) is 0 Å². The molecule has 1 unspecified atom stereocenters. The molecular weight excluding hydrogens is 224 g/mol. The molecule has 1 aromatic rings. The molecule has 0 aliphatic rings. The first-order valence-electron chi connectivity index (χ1n) is 6.75. The molecule has 18 heavy (non-hydrogen) atoms. The predicted molar refractivity (Wildman–Crippen MR) is 76.9 cm³/mol. The Hall–Kier alpha value is -1.06. The number of rotatable bonds is 7. The number of nitrogens with zero attached hydrogens (tertiary/aromatic N) is 1. The Morgan fingerprint density at radius 1 is 1.22 bits per heavy atom. The summed E-state index contributed by atoms with van der Waals surface area (Å²) in [5, 5.41) is 0. The van der Waals surface area contributed by atoms with E-state index in [0.717, 1.165) is 37.4 Å². The first kappa shape index (κ1) is 15.0. The summed E-state index contributed by atoms with van der Waals surface area (Å²) in [4.78, 5) is 2.36. The lowest BCUT2D eigenvalue weighted by atomic mass is 9.87. The number of hydrogen-bond acceptors (Lipinski definition) is 3. The Morgan fingerprint density at radius 3 is 2.39 bits per heavy atom. The van der Waals surface area contributed by atoms with Gasteiger partial charge in [0.15, 0.2) is 0 Å². The minimum Gasteiger partial charge on any atom is -0.497 e. The van der Waals surface area contributed by atoms with Gasteiger partial charge in [-0.15, -0.1) is 0 Å². The first-order valence-corrected chi connectivity index (χ1v) is 6.75. The molecule has 0 radical (unpaired) electrons. The summed E-state index contributed by atoms with van der Waals surface area (Å²) in [6.07, 6.45) is 0.913. The highest BCUT2D eigenvalue weighted by Crippen LogP contribution is 2.26. The van der Waals surface area contributed by atoms with E-state index in [1.807, 2.05) is 18.2 Å². The maximum atomic E-state index is 6.60. The van der Waals surface area contributed by atoms with E-state index >= 15 is 0 Å². The Balaban J connectivity index is 2.97. The molecule has 102 valence electrons. The zero-order chi connectivity index (χ0) is 13.6. The van der Waals surface area contributed by atoms with E-state index in [-0.39, 0.29) is 5.54 Å². The minimum atomic E-state index is -0.305. The van der Waals surface area contributed by atoms with Crippen LogP contribution in [-0.2, 0) is 5.54 Å². The second-order valence-electron chi connectivity index (χ2n) is 4.70. The Labute approximate surface area is 111 Å². The molecule has 0 bridgehead atoms. The van der Waals surface area contributed by atoms with Gasteiger partial charge in [0.1, 0.15) is 5.75 Å². The van der Waals surface area contributed by atoms with Crippen LogP contribution in [0, 0.1) is 0 Å². The summed E-state index contributed by atoms with van der Waals surface area (Å²) in [5.74, 6) is 0.871. The van der Waals surface area contributed by atoms with Crippen LogP contribution in [0.5, 0.6) is 5.75 Å². The van der Waals surface area contributed by atoms with Crippen molar-refractivity contribution in [1.29, 1.82) is 0 Å². The van der Waals surface area contributed by atoms with E-state index in [1.165, 1.54) is 0 Å². The molecule has 0 heterocycles. The molecular formula is C15H26N2O. The van der Waals surface area contributed by atoms with E-state index < -0.39 is 0 Å².